The Bertz CT molecular complexity index is 606. The van der Waals surface area contributed by atoms with Crippen LogP contribution in [-0.2, 0) is 9.53 Å². The molecule has 0 radical (unpaired) electrons. The summed E-state index contributed by atoms with van der Waals surface area (Å²) in [5.41, 5.74) is 2.18. The van der Waals surface area contributed by atoms with Crippen molar-refractivity contribution in [3.8, 4) is 0 Å². The zero-order valence-corrected chi connectivity index (χ0v) is 16.1. The first-order valence-corrected chi connectivity index (χ1v) is 9.22. The molecule has 1 saturated carbocycles. The topological polar surface area (TPSA) is 58.6 Å². The highest BCUT2D eigenvalue weighted by Crippen LogP contribution is 2.30. The lowest BCUT2D eigenvalue weighted by atomic mass is 9.83. The fraction of sp³-hybridized carbons (Fsp3) is 0.526. The molecular formula is C19H26BrNO3. The highest BCUT2D eigenvalue weighted by molar-refractivity contribution is 9.10. The molecule has 24 heavy (non-hydrogen) atoms. The number of halogens is 1. The minimum absolute atomic E-state index is 0.156. The standard InChI is InChI=1S/C19H26BrNO3/c1-12(14-8-10-15(22)11-9-14)21-13(2)18(19(23)24-3)16-6-4-5-7-17(16)20/h4-7,12,14-15,21-22H,8-11H2,1-3H3/t12-,14?,15?/m1/s1. The van der Waals surface area contributed by atoms with Crippen LogP contribution in [0.25, 0.3) is 5.57 Å². The number of benzene rings is 1. The van der Waals surface area contributed by atoms with E-state index >= 15 is 0 Å². The Hall–Kier alpha value is -1.33. The first-order chi connectivity index (χ1) is 11.4. The average molecular weight is 396 g/mol. The highest BCUT2D eigenvalue weighted by atomic mass is 79.9. The fourth-order valence-corrected chi connectivity index (χ4v) is 3.85. The summed E-state index contributed by atoms with van der Waals surface area (Å²) in [5.74, 6) is 0.152. The largest absolute Gasteiger partial charge is 0.465 e. The van der Waals surface area contributed by atoms with E-state index in [0.29, 0.717) is 11.5 Å². The first kappa shape index (κ1) is 19.0. The number of hydrogen-bond donors (Lipinski definition) is 2. The summed E-state index contributed by atoms with van der Waals surface area (Å²) in [4.78, 5) is 12.3. The Morgan fingerprint density at radius 2 is 1.92 bits per heavy atom. The molecule has 0 bridgehead atoms. The number of hydrogen-bond acceptors (Lipinski definition) is 4. The van der Waals surface area contributed by atoms with E-state index in [0.717, 1.165) is 41.4 Å². The maximum atomic E-state index is 12.3. The number of rotatable bonds is 5. The van der Waals surface area contributed by atoms with Crippen molar-refractivity contribution in [2.75, 3.05) is 7.11 Å². The number of ether oxygens (including phenoxy) is 1. The van der Waals surface area contributed by atoms with Crippen LogP contribution < -0.4 is 5.32 Å². The molecule has 1 aromatic rings. The van der Waals surface area contributed by atoms with Gasteiger partial charge in [-0.3, -0.25) is 0 Å². The van der Waals surface area contributed by atoms with E-state index < -0.39 is 0 Å². The number of carbonyl (C=O) groups is 1. The summed E-state index contributed by atoms with van der Waals surface area (Å²) in [6, 6.07) is 7.88. The molecule has 5 heteroatoms. The molecule has 4 nitrogen and oxygen atoms in total. The molecule has 0 aliphatic heterocycles. The zero-order valence-electron chi connectivity index (χ0n) is 14.5. The van der Waals surface area contributed by atoms with Gasteiger partial charge in [0.25, 0.3) is 0 Å². The van der Waals surface area contributed by atoms with Crippen molar-refractivity contribution in [3.63, 3.8) is 0 Å². The van der Waals surface area contributed by atoms with Crippen LogP contribution in [-0.4, -0.2) is 30.3 Å². The van der Waals surface area contributed by atoms with Gasteiger partial charge in [-0.15, -0.1) is 0 Å². The van der Waals surface area contributed by atoms with Gasteiger partial charge in [0.15, 0.2) is 0 Å². The van der Waals surface area contributed by atoms with Gasteiger partial charge in [0, 0.05) is 21.8 Å². The van der Waals surface area contributed by atoms with Gasteiger partial charge < -0.3 is 15.2 Å². The molecule has 0 heterocycles. The Morgan fingerprint density at radius 1 is 1.29 bits per heavy atom. The summed E-state index contributed by atoms with van der Waals surface area (Å²) < 4.78 is 5.85. The lowest BCUT2D eigenvalue weighted by Crippen LogP contribution is -2.36. The number of aliphatic hydroxyl groups is 1. The highest BCUT2D eigenvalue weighted by Gasteiger charge is 2.25. The van der Waals surface area contributed by atoms with Crippen LogP contribution in [0, 0.1) is 5.92 Å². The summed E-state index contributed by atoms with van der Waals surface area (Å²) in [7, 11) is 1.40. The van der Waals surface area contributed by atoms with Gasteiger partial charge in [0.05, 0.1) is 18.8 Å². The summed E-state index contributed by atoms with van der Waals surface area (Å²) >= 11 is 3.51. The van der Waals surface area contributed by atoms with Crippen LogP contribution in [0.4, 0.5) is 0 Å². The van der Waals surface area contributed by atoms with E-state index in [1.807, 2.05) is 31.2 Å². The Kier molecular flexibility index (Phi) is 6.87. The van der Waals surface area contributed by atoms with Gasteiger partial charge in [-0.2, -0.15) is 0 Å². The molecule has 0 amide bonds. The third-order valence-electron chi connectivity index (χ3n) is 4.80. The third-order valence-corrected chi connectivity index (χ3v) is 5.49. The lowest BCUT2D eigenvalue weighted by molar-refractivity contribution is -0.133. The van der Waals surface area contributed by atoms with Crippen molar-refractivity contribution in [1.29, 1.82) is 0 Å². The average Bonchev–Trinajstić information content (AvgIpc) is 2.57. The van der Waals surface area contributed by atoms with Gasteiger partial charge in [-0.05, 0) is 51.5 Å². The number of aliphatic hydroxyl groups excluding tert-OH is 1. The maximum absolute atomic E-state index is 12.3. The molecule has 1 aliphatic carbocycles. The molecule has 2 N–H and O–H groups in total. The van der Waals surface area contributed by atoms with Crippen LogP contribution in [0.5, 0.6) is 0 Å². The van der Waals surface area contributed by atoms with Gasteiger partial charge >= 0.3 is 5.97 Å². The summed E-state index contributed by atoms with van der Waals surface area (Å²) in [6.45, 7) is 4.06. The van der Waals surface area contributed by atoms with Crippen molar-refractivity contribution in [2.45, 2.75) is 51.7 Å². The zero-order chi connectivity index (χ0) is 17.7. The second kappa shape index (κ2) is 8.67. The van der Waals surface area contributed by atoms with Gasteiger partial charge in [0.1, 0.15) is 0 Å². The monoisotopic (exact) mass is 395 g/mol. The number of allylic oxidation sites excluding steroid dienone is 1. The molecule has 1 fully saturated rings. The van der Waals surface area contributed by atoms with E-state index in [2.05, 4.69) is 28.2 Å². The Balaban J connectivity index is 2.23. The van der Waals surface area contributed by atoms with Crippen LogP contribution in [0.1, 0.15) is 45.1 Å². The number of carbonyl (C=O) groups excluding carboxylic acids is 1. The molecule has 132 valence electrons. The van der Waals surface area contributed by atoms with Crippen LogP contribution >= 0.6 is 15.9 Å². The number of nitrogens with one attached hydrogen (secondary N) is 1. The molecule has 2 rings (SSSR count). The van der Waals surface area contributed by atoms with Gasteiger partial charge in [-0.25, -0.2) is 4.79 Å². The van der Waals surface area contributed by atoms with E-state index in [4.69, 9.17) is 4.74 Å². The lowest BCUT2D eigenvalue weighted by Gasteiger charge is -2.31. The molecule has 0 spiro atoms. The van der Waals surface area contributed by atoms with E-state index in [1.165, 1.54) is 7.11 Å². The van der Waals surface area contributed by atoms with Crippen molar-refractivity contribution < 1.29 is 14.6 Å². The second-order valence-corrected chi connectivity index (χ2v) is 7.33. The summed E-state index contributed by atoms with van der Waals surface area (Å²) in [6.07, 6.45) is 3.56. The molecular weight excluding hydrogens is 370 g/mol. The maximum Gasteiger partial charge on any atom is 0.340 e. The minimum atomic E-state index is -0.349. The predicted molar refractivity (Wildman–Crippen MR) is 99.3 cm³/mol. The molecule has 0 saturated heterocycles. The normalized spacial score (nSPS) is 23.2. The third kappa shape index (κ3) is 4.61. The van der Waals surface area contributed by atoms with E-state index in [9.17, 15) is 9.90 Å². The molecule has 0 unspecified atom stereocenters. The predicted octanol–water partition coefficient (Wildman–Crippen LogP) is 3.88. The smallest absolute Gasteiger partial charge is 0.340 e. The van der Waals surface area contributed by atoms with E-state index in [1.54, 1.807) is 0 Å². The van der Waals surface area contributed by atoms with Crippen LogP contribution in [0.15, 0.2) is 34.4 Å². The fourth-order valence-electron chi connectivity index (χ4n) is 3.36. The van der Waals surface area contributed by atoms with Crippen molar-refractivity contribution in [3.05, 3.63) is 40.0 Å². The quantitative estimate of drug-likeness (QED) is 0.586. The van der Waals surface area contributed by atoms with E-state index in [-0.39, 0.29) is 18.1 Å². The summed E-state index contributed by atoms with van der Waals surface area (Å²) in [5, 5.41) is 13.1. The first-order valence-electron chi connectivity index (χ1n) is 8.42. The Labute approximate surface area is 152 Å². The molecule has 1 aliphatic rings. The van der Waals surface area contributed by atoms with Gasteiger partial charge in [0.2, 0.25) is 0 Å². The molecule has 1 atom stereocenters. The number of esters is 1. The van der Waals surface area contributed by atoms with Crippen molar-refractivity contribution in [2.24, 2.45) is 5.92 Å². The molecule has 1 aromatic carbocycles. The number of methoxy groups -OCH3 is 1. The second-order valence-electron chi connectivity index (χ2n) is 6.47. The SMILES string of the molecule is COC(=O)C(=C(C)N[C@H](C)C1CCC(O)CC1)c1ccccc1Br. The van der Waals surface area contributed by atoms with Crippen LogP contribution in [0.2, 0.25) is 0 Å². The van der Waals surface area contributed by atoms with Crippen LogP contribution in [0.3, 0.4) is 0 Å². The van der Waals surface area contributed by atoms with Crippen molar-refractivity contribution >= 4 is 27.5 Å². The minimum Gasteiger partial charge on any atom is -0.465 e. The Morgan fingerprint density at radius 3 is 2.50 bits per heavy atom. The molecule has 0 aromatic heterocycles. The van der Waals surface area contributed by atoms with Crippen molar-refractivity contribution in [1.82, 2.24) is 5.32 Å². The van der Waals surface area contributed by atoms with Gasteiger partial charge in [-0.1, -0.05) is 34.1 Å².